The Bertz CT molecular complexity index is 349. The molecule has 0 saturated heterocycles. The molecule has 1 atom stereocenters. The summed E-state index contributed by atoms with van der Waals surface area (Å²) in [5, 5.41) is 3.58. The standard InChI is InChI=1S/C16H25NS/c1-4-6-7-11-15(17-5-2)13-18-16-12-9-8-10-14(16)3/h4,8-10,12,15,17H,1,5-7,11,13H2,2-3H3. The Morgan fingerprint density at radius 3 is 2.83 bits per heavy atom. The average Bonchev–Trinajstić information content (AvgIpc) is 2.38. The molecule has 0 spiro atoms. The maximum absolute atomic E-state index is 3.78. The van der Waals surface area contributed by atoms with Crippen LogP contribution in [0.5, 0.6) is 0 Å². The minimum absolute atomic E-state index is 0.611. The van der Waals surface area contributed by atoms with Crippen LogP contribution >= 0.6 is 11.8 Å². The predicted octanol–water partition coefficient (Wildman–Crippen LogP) is 4.42. The first-order valence-electron chi connectivity index (χ1n) is 6.80. The van der Waals surface area contributed by atoms with Gasteiger partial charge in [0.15, 0.2) is 0 Å². The number of nitrogens with one attached hydrogen (secondary N) is 1. The van der Waals surface area contributed by atoms with Crippen molar-refractivity contribution in [3.8, 4) is 0 Å². The first-order chi connectivity index (χ1) is 8.77. The molecule has 100 valence electrons. The van der Waals surface area contributed by atoms with E-state index in [2.05, 4.69) is 50.0 Å². The van der Waals surface area contributed by atoms with Crippen molar-refractivity contribution in [1.29, 1.82) is 0 Å². The minimum Gasteiger partial charge on any atom is -0.313 e. The molecule has 0 saturated carbocycles. The molecule has 0 aliphatic carbocycles. The SMILES string of the molecule is C=CCCCC(CSc1ccccc1C)NCC. The highest BCUT2D eigenvalue weighted by atomic mass is 32.2. The zero-order valence-electron chi connectivity index (χ0n) is 11.6. The molecular formula is C16H25NS. The molecule has 0 radical (unpaired) electrons. The monoisotopic (exact) mass is 263 g/mol. The lowest BCUT2D eigenvalue weighted by atomic mass is 10.1. The second-order valence-electron chi connectivity index (χ2n) is 4.55. The van der Waals surface area contributed by atoms with E-state index >= 15 is 0 Å². The van der Waals surface area contributed by atoms with Gasteiger partial charge in [0.25, 0.3) is 0 Å². The predicted molar refractivity (Wildman–Crippen MR) is 83.4 cm³/mol. The summed E-state index contributed by atoms with van der Waals surface area (Å²) in [5.41, 5.74) is 1.38. The normalized spacial score (nSPS) is 12.3. The highest BCUT2D eigenvalue weighted by Gasteiger charge is 2.08. The van der Waals surface area contributed by atoms with Gasteiger partial charge in [0, 0.05) is 16.7 Å². The molecule has 0 fully saturated rings. The van der Waals surface area contributed by atoms with E-state index < -0.39 is 0 Å². The fraction of sp³-hybridized carbons (Fsp3) is 0.500. The van der Waals surface area contributed by atoms with Crippen molar-refractivity contribution < 1.29 is 0 Å². The Balaban J connectivity index is 2.41. The van der Waals surface area contributed by atoms with Crippen LogP contribution in [-0.2, 0) is 0 Å². The lowest BCUT2D eigenvalue weighted by Crippen LogP contribution is -2.31. The van der Waals surface area contributed by atoms with E-state index in [-0.39, 0.29) is 0 Å². The van der Waals surface area contributed by atoms with Crippen LogP contribution in [0, 0.1) is 6.92 Å². The summed E-state index contributed by atoms with van der Waals surface area (Å²) in [4.78, 5) is 1.41. The minimum atomic E-state index is 0.611. The molecule has 0 heterocycles. The van der Waals surface area contributed by atoms with Crippen LogP contribution in [0.25, 0.3) is 0 Å². The van der Waals surface area contributed by atoms with Gasteiger partial charge in [-0.3, -0.25) is 0 Å². The van der Waals surface area contributed by atoms with Gasteiger partial charge in [-0.15, -0.1) is 18.3 Å². The smallest absolute Gasteiger partial charge is 0.0161 e. The molecule has 0 aromatic heterocycles. The molecule has 1 N–H and O–H groups in total. The topological polar surface area (TPSA) is 12.0 Å². The summed E-state index contributed by atoms with van der Waals surface area (Å²) >= 11 is 1.96. The lowest BCUT2D eigenvalue weighted by molar-refractivity contribution is 0.521. The Morgan fingerprint density at radius 1 is 1.39 bits per heavy atom. The van der Waals surface area contributed by atoms with Gasteiger partial charge in [-0.1, -0.05) is 31.2 Å². The second kappa shape index (κ2) is 9.23. The number of benzene rings is 1. The van der Waals surface area contributed by atoms with Gasteiger partial charge in [-0.05, 0) is 44.4 Å². The second-order valence-corrected chi connectivity index (χ2v) is 5.61. The lowest BCUT2D eigenvalue weighted by Gasteiger charge is -2.17. The van der Waals surface area contributed by atoms with Crippen LogP contribution in [0.15, 0.2) is 41.8 Å². The van der Waals surface area contributed by atoms with Gasteiger partial charge >= 0.3 is 0 Å². The fourth-order valence-electron chi connectivity index (χ4n) is 1.95. The first-order valence-corrected chi connectivity index (χ1v) is 7.79. The van der Waals surface area contributed by atoms with E-state index in [1.54, 1.807) is 0 Å². The zero-order chi connectivity index (χ0) is 13.2. The number of thioether (sulfide) groups is 1. The quantitative estimate of drug-likeness (QED) is 0.402. The number of hydrogen-bond acceptors (Lipinski definition) is 2. The average molecular weight is 263 g/mol. The first kappa shape index (κ1) is 15.3. The zero-order valence-corrected chi connectivity index (χ0v) is 12.4. The summed E-state index contributed by atoms with van der Waals surface area (Å²) in [6.45, 7) is 9.19. The van der Waals surface area contributed by atoms with Crippen LogP contribution < -0.4 is 5.32 Å². The Kier molecular flexibility index (Phi) is 7.86. The number of rotatable bonds is 9. The number of unbranched alkanes of at least 4 members (excludes halogenated alkanes) is 1. The van der Waals surface area contributed by atoms with E-state index in [4.69, 9.17) is 0 Å². The van der Waals surface area contributed by atoms with Crippen molar-refractivity contribution in [3.63, 3.8) is 0 Å². The van der Waals surface area contributed by atoms with Crippen LogP contribution in [0.3, 0.4) is 0 Å². The number of allylic oxidation sites excluding steroid dienone is 1. The Morgan fingerprint density at radius 2 is 2.17 bits per heavy atom. The van der Waals surface area contributed by atoms with Crippen molar-refractivity contribution >= 4 is 11.8 Å². The summed E-state index contributed by atoms with van der Waals surface area (Å²) in [5.74, 6) is 1.15. The maximum atomic E-state index is 3.78. The third kappa shape index (κ3) is 5.74. The summed E-state index contributed by atoms with van der Waals surface area (Å²) < 4.78 is 0. The molecule has 0 aliphatic rings. The molecule has 1 nitrogen and oxygen atoms in total. The Hall–Kier alpha value is -0.730. The van der Waals surface area contributed by atoms with Crippen molar-refractivity contribution in [2.24, 2.45) is 0 Å². The maximum Gasteiger partial charge on any atom is 0.0161 e. The van der Waals surface area contributed by atoms with Crippen molar-refractivity contribution in [1.82, 2.24) is 5.32 Å². The van der Waals surface area contributed by atoms with Gasteiger partial charge in [-0.25, -0.2) is 0 Å². The van der Waals surface area contributed by atoms with Crippen LogP contribution in [-0.4, -0.2) is 18.3 Å². The molecule has 1 rings (SSSR count). The van der Waals surface area contributed by atoms with Gasteiger partial charge in [-0.2, -0.15) is 0 Å². The third-order valence-corrected chi connectivity index (χ3v) is 4.33. The molecule has 2 heteroatoms. The van der Waals surface area contributed by atoms with Gasteiger partial charge < -0.3 is 5.32 Å². The van der Waals surface area contributed by atoms with E-state index in [0.29, 0.717) is 6.04 Å². The molecule has 1 unspecified atom stereocenters. The van der Waals surface area contributed by atoms with Crippen LogP contribution in [0.1, 0.15) is 31.7 Å². The highest BCUT2D eigenvalue weighted by molar-refractivity contribution is 7.99. The third-order valence-electron chi connectivity index (χ3n) is 2.99. The fourth-order valence-corrected chi connectivity index (χ4v) is 3.09. The number of hydrogen-bond donors (Lipinski definition) is 1. The van der Waals surface area contributed by atoms with Crippen LogP contribution in [0.2, 0.25) is 0 Å². The molecular weight excluding hydrogens is 238 g/mol. The van der Waals surface area contributed by atoms with Crippen molar-refractivity contribution in [3.05, 3.63) is 42.5 Å². The van der Waals surface area contributed by atoms with E-state index in [1.165, 1.54) is 23.3 Å². The molecule has 18 heavy (non-hydrogen) atoms. The van der Waals surface area contributed by atoms with Crippen molar-refractivity contribution in [2.45, 2.75) is 44.0 Å². The molecule has 0 aliphatic heterocycles. The molecule has 0 amide bonds. The summed E-state index contributed by atoms with van der Waals surface area (Å²) in [7, 11) is 0. The van der Waals surface area contributed by atoms with E-state index in [0.717, 1.165) is 18.7 Å². The summed E-state index contributed by atoms with van der Waals surface area (Å²) in [6, 6.07) is 9.23. The van der Waals surface area contributed by atoms with E-state index in [1.807, 2.05) is 17.8 Å². The Labute approximate surface area is 116 Å². The molecule has 0 bridgehead atoms. The molecule has 1 aromatic carbocycles. The van der Waals surface area contributed by atoms with Crippen LogP contribution in [0.4, 0.5) is 0 Å². The molecule has 1 aromatic rings. The van der Waals surface area contributed by atoms with Gasteiger partial charge in [0.1, 0.15) is 0 Å². The highest BCUT2D eigenvalue weighted by Crippen LogP contribution is 2.23. The summed E-state index contributed by atoms with van der Waals surface area (Å²) in [6.07, 6.45) is 5.60. The largest absolute Gasteiger partial charge is 0.313 e. The van der Waals surface area contributed by atoms with Crippen molar-refractivity contribution in [2.75, 3.05) is 12.3 Å². The van der Waals surface area contributed by atoms with Gasteiger partial charge in [0.2, 0.25) is 0 Å². The van der Waals surface area contributed by atoms with Gasteiger partial charge in [0.05, 0.1) is 0 Å². The van der Waals surface area contributed by atoms with E-state index in [9.17, 15) is 0 Å². The number of aryl methyl sites for hydroxylation is 1.